The van der Waals surface area contributed by atoms with E-state index in [1.807, 2.05) is 36.1 Å². The smallest absolute Gasteiger partial charge is 0.317 e. The molecular formula is C21H27N3O3. The van der Waals surface area contributed by atoms with E-state index in [-0.39, 0.29) is 6.54 Å². The van der Waals surface area contributed by atoms with Crippen LogP contribution < -0.4 is 10.1 Å². The van der Waals surface area contributed by atoms with E-state index in [9.17, 15) is 4.79 Å². The zero-order chi connectivity index (χ0) is 19.1. The van der Waals surface area contributed by atoms with E-state index in [2.05, 4.69) is 22.4 Å². The van der Waals surface area contributed by atoms with Crippen LogP contribution in [0.5, 0.6) is 5.75 Å². The van der Waals surface area contributed by atoms with Crippen LogP contribution in [0.1, 0.15) is 30.9 Å². The Morgan fingerprint density at radius 2 is 1.89 bits per heavy atom. The maximum Gasteiger partial charge on any atom is 0.317 e. The van der Waals surface area contributed by atoms with Crippen molar-refractivity contribution in [3.05, 3.63) is 59.9 Å². The van der Waals surface area contributed by atoms with E-state index < -0.39 is 5.97 Å². The number of pyridine rings is 1. The average Bonchev–Trinajstić information content (AvgIpc) is 2.65. The van der Waals surface area contributed by atoms with E-state index in [4.69, 9.17) is 9.84 Å². The predicted molar refractivity (Wildman–Crippen MR) is 104 cm³/mol. The summed E-state index contributed by atoms with van der Waals surface area (Å²) in [7, 11) is 0. The van der Waals surface area contributed by atoms with Gasteiger partial charge in [-0.2, -0.15) is 0 Å². The molecule has 0 amide bonds. The maximum atomic E-state index is 10.9. The number of carbonyl (C=O) groups is 1. The van der Waals surface area contributed by atoms with Gasteiger partial charge >= 0.3 is 5.97 Å². The minimum absolute atomic E-state index is 0.134. The molecule has 0 radical (unpaired) electrons. The molecule has 2 aromatic rings. The lowest BCUT2D eigenvalue weighted by Crippen LogP contribution is -2.53. The summed E-state index contributed by atoms with van der Waals surface area (Å²) in [5, 5.41) is 12.5. The minimum Gasteiger partial charge on any atom is -0.489 e. The summed E-state index contributed by atoms with van der Waals surface area (Å²) in [6.45, 7) is 4.28. The van der Waals surface area contributed by atoms with Crippen molar-refractivity contribution < 1.29 is 14.6 Å². The first kappa shape index (κ1) is 19.3. The van der Waals surface area contributed by atoms with E-state index in [0.717, 1.165) is 37.2 Å². The van der Waals surface area contributed by atoms with Crippen LogP contribution in [-0.4, -0.2) is 46.1 Å². The molecule has 2 N–H and O–H groups in total. The standard InChI is InChI=1S/C21H27N3O3/c1-2-24(14-21(25)26)19-11-18(12-19)23-13-16-3-5-20(6-4-16)27-15-17-7-9-22-10-8-17/h3-10,18-19,23H,2,11-15H2,1H3,(H,25,26). The van der Waals surface area contributed by atoms with Crippen LogP contribution in [0.2, 0.25) is 0 Å². The zero-order valence-electron chi connectivity index (χ0n) is 15.7. The molecule has 0 saturated heterocycles. The molecule has 1 aromatic carbocycles. The molecule has 144 valence electrons. The highest BCUT2D eigenvalue weighted by Gasteiger charge is 2.33. The molecule has 0 atom stereocenters. The van der Waals surface area contributed by atoms with Gasteiger partial charge in [-0.3, -0.25) is 14.7 Å². The molecule has 0 aliphatic heterocycles. The van der Waals surface area contributed by atoms with Crippen LogP contribution in [0.4, 0.5) is 0 Å². The SMILES string of the molecule is CCN(CC(=O)O)C1CC(NCc2ccc(OCc3ccncc3)cc2)C1. The second kappa shape index (κ2) is 9.48. The lowest BCUT2D eigenvalue weighted by Gasteiger charge is -2.42. The number of aromatic nitrogens is 1. The molecule has 0 bridgehead atoms. The number of hydrogen-bond acceptors (Lipinski definition) is 5. The minimum atomic E-state index is -0.750. The Morgan fingerprint density at radius 1 is 1.19 bits per heavy atom. The molecule has 1 aliphatic carbocycles. The van der Waals surface area contributed by atoms with Gasteiger partial charge < -0.3 is 15.2 Å². The highest BCUT2D eigenvalue weighted by atomic mass is 16.5. The van der Waals surface area contributed by atoms with E-state index in [1.54, 1.807) is 12.4 Å². The summed E-state index contributed by atoms with van der Waals surface area (Å²) >= 11 is 0. The van der Waals surface area contributed by atoms with Crippen LogP contribution in [0, 0.1) is 0 Å². The third kappa shape index (κ3) is 5.77. The largest absolute Gasteiger partial charge is 0.489 e. The number of benzene rings is 1. The van der Waals surface area contributed by atoms with Gasteiger partial charge in [0.25, 0.3) is 0 Å². The van der Waals surface area contributed by atoms with E-state index >= 15 is 0 Å². The fourth-order valence-corrected chi connectivity index (χ4v) is 3.34. The van der Waals surface area contributed by atoms with Gasteiger partial charge in [-0.25, -0.2) is 0 Å². The Hall–Kier alpha value is -2.44. The van der Waals surface area contributed by atoms with Crippen molar-refractivity contribution in [1.29, 1.82) is 0 Å². The summed E-state index contributed by atoms with van der Waals surface area (Å²) in [6.07, 6.45) is 5.54. The zero-order valence-corrected chi connectivity index (χ0v) is 15.7. The van der Waals surface area contributed by atoms with Gasteiger partial charge in [0.15, 0.2) is 0 Å². The molecule has 1 fully saturated rings. The van der Waals surface area contributed by atoms with Gasteiger partial charge in [-0.1, -0.05) is 19.1 Å². The summed E-state index contributed by atoms with van der Waals surface area (Å²) < 4.78 is 5.79. The van der Waals surface area contributed by atoms with E-state index in [1.165, 1.54) is 5.56 Å². The van der Waals surface area contributed by atoms with Gasteiger partial charge in [-0.05, 0) is 54.8 Å². The number of carboxylic acid groups (broad SMARTS) is 1. The number of nitrogens with one attached hydrogen (secondary N) is 1. The number of carboxylic acids is 1. The summed E-state index contributed by atoms with van der Waals surface area (Å²) in [4.78, 5) is 16.9. The number of ether oxygens (including phenoxy) is 1. The fourth-order valence-electron chi connectivity index (χ4n) is 3.34. The Bertz CT molecular complexity index is 715. The first-order chi connectivity index (χ1) is 13.1. The number of likely N-dealkylation sites (N-methyl/N-ethyl adjacent to an activating group) is 1. The predicted octanol–water partition coefficient (Wildman–Crippen LogP) is 2.69. The van der Waals surface area contributed by atoms with Crippen LogP contribution in [0.15, 0.2) is 48.8 Å². The number of hydrogen-bond donors (Lipinski definition) is 2. The number of nitrogens with zero attached hydrogens (tertiary/aromatic N) is 2. The Morgan fingerprint density at radius 3 is 2.52 bits per heavy atom. The highest BCUT2D eigenvalue weighted by molar-refractivity contribution is 5.69. The van der Waals surface area contributed by atoms with Crippen molar-refractivity contribution in [1.82, 2.24) is 15.2 Å². The first-order valence-corrected chi connectivity index (χ1v) is 9.44. The monoisotopic (exact) mass is 369 g/mol. The van der Waals surface area contributed by atoms with Crippen molar-refractivity contribution in [3.8, 4) is 5.75 Å². The van der Waals surface area contributed by atoms with Crippen LogP contribution in [0.25, 0.3) is 0 Å². The summed E-state index contributed by atoms with van der Waals surface area (Å²) in [5.41, 5.74) is 2.31. The quantitative estimate of drug-likeness (QED) is 0.671. The second-order valence-corrected chi connectivity index (χ2v) is 6.95. The molecule has 6 heteroatoms. The van der Waals surface area contributed by atoms with Gasteiger partial charge in [0.05, 0.1) is 6.54 Å². The lowest BCUT2D eigenvalue weighted by molar-refractivity contribution is -0.139. The average molecular weight is 369 g/mol. The Labute approximate surface area is 160 Å². The third-order valence-electron chi connectivity index (χ3n) is 5.05. The number of rotatable bonds is 10. The highest BCUT2D eigenvalue weighted by Crippen LogP contribution is 2.26. The van der Waals surface area contributed by atoms with Gasteiger partial charge in [0, 0.05) is 31.0 Å². The van der Waals surface area contributed by atoms with E-state index in [0.29, 0.717) is 18.7 Å². The molecule has 1 aromatic heterocycles. The molecular weight excluding hydrogens is 342 g/mol. The van der Waals surface area contributed by atoms with Gasteiger partial charge in [0.2, 0.25) is 0 Å². The first-order valence-electron chi connectivity index (χ1n) is 9.44. The van der Waals surface area contributed by atoms with Crippen LogP contribution >= 0.6 is 0 Å². The van der Waals surface area contributed by atoms with Gasteiger partial charge in [0.1, 0.15) is 12.4 Å². The molecule has 0 unspecified atom stereocenters. The fraction of sp³-hybridized carbons (Fsp3) is 0.429. The van der Waals surface area contributed by atoms with Crippen molar-refractivity contribution in [2.24, 2.45) is 0 Å². The lowest BCUT2D eigenvalue weighted by atomic mass is 9.85. The normalized spacial score (nSPS) is 18.9. The van der Waals surface area contributed by atoms with Crippen molar-refractivity contribution in [3.63, 3.8) is 0 Å². The molecule has 0 spiro atoms. The molecule has 1 aliphatic rings. The van der Waals surface area contributed by atoms with Crippen molar-refractivity contribution in [2.45, 2.75) is 45.0 Å². The molecule has 1 heterocycles. The second-order valence-electron chi connectivity index (χ2n) is 6.95. The summed E-state index contributed by atoms with van der Waals surface area (Å²) in [5.74, 6) is 0.103. The van der Waals surface area contributed by atoms with Crippen molar-refractivity contribution >= 4 is 5.97 Å². The van der Waals surface area contributed by atoms with Gasteiger partial charge in [-0.15, -0.1) is 0 Å². The Kier molecular flexibility index (Phi) is 6.79. The topological polar surface area (TPSA) is 74.7 Å². The molecule has 3 rings (SSSR count). The molecule has 6 nitrogen and oxygen atoms in total. The molecule has 27 heavy (non-hydrogen) atoms. The number of aliphatic carboxylic acids is 1. The molecule has 1 saturated carbocycles. The van der Waals surface area contributed by atoms with Crippen LogP contribution in [0.3, 0.4) is 0 Å². The third-order valence-corrected chi connectivity index (χ3v) is 5.05. The van der Waals surface area contributed by atoms with Crippen LogP contribution in [-0.2, 0) is 17.9 Å². The maximum absolute atomic E-state index is 10.9. The van der Waals surface area contributed by atoms with Crippen molar-refractivity contribution in [2.75, 3.05) is 13.1 Å². The summed E-state index contributed by atoms with van der Waals surface area (Å²) in [6, 6.07) is 12.9. The Balaban J connectivity index is 1.38.